The summed E-state index contributed by atoms with van der Waals surface area (Å²) in [6.07, 6.45) is 2.22. The van der Waals surface area contributed by atoms with Crippen LogP contribution < -0.4 is 10.1 Å². The second-order valence-corrected chi connectivity index (χ2v) is 5.96. The lowest BCUT2D eigenvalue weighted by molar-refractivity contribution is -0.119. The van der Waals surface area contributed by atoms with Gasteiger partial charge < -0.3 is 19.5 Å². The van der Waals surface area contributed by atoms with Crippen LogP contribution in [0.1, 0.15) is 23.2 Å². The van der Waals surface area contributed by atoms with E-state index >= 15 is 0 Å². The summed E-state index contributed by atoms with van der Waals surface area (Å²) in [5.41, 5.74) is 1.02. The molecule has 0 spiro atoms. The molecule has 1 saturated heterocycles. The number of amides is 1. The maximum atomic E-state index is 12.0. The highest BCUT2D eigenvalue weighted by Gasteiger charge is 2.16. The predicted octanol–water partition coefficient (Wildman–Crippen LogP) is 3.04. The van der Waals surface area contributed by atoms with Gasteiger partial charge in [0.15, 0.2) is 6.61 Å². The minimum Gasteiger partial charge on any atom is -0.491 e. The molecule has 1 atom stereocenters. The number of para-hydroxylation sites is 1. The Morgan fingerprint density at radius 2 is 1.85 bits per heavy atom. The molecule has 1 heterocycles. The fourth-order valence-corrected chi connectivity index (χ4v) is 2.59. The minimum atomic E-state index is -0.557. The van der Waals surface area contributed by atoms with Crippen molar-refractivity contribution in [2.24, 2.45) is 0 Å². The van der Waals surface area contributed by atoms with E-state index in [1.165, 1.54) is 0 Å². The van der Waals surface area contributed by atoms with Crippen molar-refractivity contribution in [3.05, 3.63) is 60.2 Å². The van der Waals surface area contributed by atoms with Crippen molar-refractivity contribution in [1.29, 1.82) is 0 Å². The Labute approximate surface area is 152 Å². The number of anilines is 1. The van der Waals surface area contributed by atoms with Gasteiger partial charge >= 0.3 is 5.97 Å². The van der Waals surface area contributed by atoms with Gasteiger partial charge in [-0.25, -0.2) is 4.79 Å². The van der Waals surface area contributed by atoms with Crippen molar-refractivity contribution in [1.82, 2.24) is 0 Å². The van der Waals surface area contributed by atoms with E-state index in [9.17, 15) is 9.59 Å². The van der Waals surface area contributed by atoms with Crippen LogP contribution in [0.5, 0.6) is 5.75 Å². The number of nitrogens with one attached hydrogen (secondary N) is 1. The second kappa shape index (κ2) is 9.01. The third-order valence-electron chi connectivity index (χ3n) is 3.94. The number of carbonyl (C=O) groups is 2. The van der Waals surface area contributed by atoms with E-state index in [1.807, 2.05) is 18.2 Å². The normalized spacial score (nSPS) is 16.1. The Morgan fingerprint density at radius 1 is 1.08 bits per heavy atom. The first-order valence-electron chi connectivity index (χ1n) is 8.57. The van der Waals surface area contributed by atoms with E-state index in [0.29, 0.717) is 23.6 Å². The SMILES string of the molecule is O=C(COC(=O)c1ccc(OC[C@@H]2CCCO2)cc1)Nc1ccccc1. The summed E-state index contributed by atoms with van der Waals surface area (Å²) in [6.45, 7) is 0.950. The first kappa shape index (κ1) is 17.9. The smallest absolute Gasteiger partial charge is 0.338 e. The summed E-state index contributed by atoms with van der Waals surface area (Å²) in [6, 6.07) is 15.6. The number of hydrogen-bond acceptors (Lipinski definition) is 5. The molecule has 6 nitrogen and oxygen atoms in total. The number of carbonyl (C=O) groups excluding carboxylic acids is 2. The highest BCUT2D eigenvalue weighted by atomic mass is 16.5. The van der Waals surface area contributed by atoms with Crippen molar-refractivity contribution in [2.75, 3.05) is 25.1 Å². The van der Waals surface area contributed by atoms with Gasteiger partial charge in [-0.1, -0.05) is 18.2 Å². The summed E-state index contributed by atoms with van der Waals surface area (Å²) in [4.78, 5) is 23.8. The van der Waals surface area contributed by atoms with E-state index < -0.39 is 5.97 Å². The molecule has 1 amide bonds. The van der Waals surface area contributed by atoms with Crippen LogP contribution in [0.25, 0.3) is 0 Å². The molecule has 26 heavy (non-hydrogen) atoms. The van der Waals surface area contributed by atoms with Crippen molar-refractivity contribution < 1.29 is 23.8 Å². The van der Waals surface area contributed by atoms with E-state index in [-0.39, 0.29) is 18.6 Å². The topological polar surface area (TPSA) is 73.9 Å². The maximum absolute atomic E-state index is 12.0. The minimum absolute atomic E-state index is 0.141. The van der Waals surface area contributed by atoms with Crippen molar-refractivity contribution in [2.45, 2.75) is 18.9 Å². The summed E-state index contributed by atoms with van der Waals surface area (Å²) in [7, 11) is 0. The number of esters is 1. The molecule has 1 aliphatic heterocycles. The molecule has 6 heteroatoms. The van der Waals surface area contributed by atoms with E-state index in [2.05, 4.69) is 5.32 Å². The van der Waals surface area contributed by atoms with Gasteiger partial charge in [0.05, 0.1) is 11.7 Å². The van der Waals surface area contributed by atoms with Gasteiger partial charge in [-0.15, -0.1) is 0 Å². The largest absolute Gasteiger partial charge is 0.491 e. The fourth-order valence-electron chi connectivity index (χ4n) is 2.59. The van der Waals surface area contributed by atoms with Crippen LogP contribution in [0.2, 0.25) is 0 Å². The molecule has 2 aromatic rings. The van der Waals surface area contributed by atoms with E-state index in [4.69, 9.17) is 14.2 Å². The molecule has 1 aliphatic rings. The molecule has 0 unspecified atom stereocenters. The molecule has 3 rings (SSSR count). The lowest BCUT2D eigenvalue weighted by Gasteiger charge is -2.11. The van der Waals surface area contributed by atoms with Gasteiger partial charge in [0.2, 0.25) is 0 Å². The van der Waals surface area contributed by atoms with Crippen LogP contribution in [-0.4, -0.2) is 37.8 Å². The Bertz CT molecular complexity index is 724. The standard InChI is InChI=1S/C20H21NO5/c22-19(21-16-5-2-1-3-6-16)14-26-20(23)15-8-10-17(11-9-15)25-13-18-7-4-12-24-18/h1-3,5-6,8-11,18H,4,7,12-14H2,(H,21,22)/t18-/m0/s1. The van der Waals surface area contributed by atoms with Crippen LogP contribution in [0, 0.1) is 0 Å². The van der Waals surface area contributed by atoms with Gasteiger partial charge in [0.1, 0.15) is 12.4 Å². The van der Waals surface area contributed by atoms with Gasteiger partial charge in [-0.3, -0.25) is 4.79 Å². The quantitative estimate of drug-likeness (QED) is 0.773. The predicted molar refractivity (Wildman–Crippen MR) is 96.3 cm³/mol. The molecule has 0 aromatic heterocycles. The summed E-state index contributed by atoms with van der Waals surface area (Å²) in [5.74, 6) is -0.279. The number of hydrogen-bond donors (Lipinski definition) is 1. The Hall–Kier alpha value is -2.86. The second-order valence-electron chi connectivity index (χ2n) is 5.96. The zero-order valence-electron chi connectivity index (χ0n) is 14.4. The van der Waals surface area contributed by atoms with Crippen molar-refractivity contribution >= 4 is 17.6 Å². The Kier molecular flexibility index (Phi) is 6.22. The highest BCUT2D eigenvalue weighted by Crippen LogP contribution is 2.17. The van der Waals surface area contributed by atoms with Crippen molar-refractivity contribution in [3.8, 4) is 5.75 Å². The molecule has 0 saturated carbocycles. The number of ether oxygens (including phenoxy) is 3. The average Bonchev–Trinajstić information content (AvgIpc) is 3.19. The molecule has 136 valence electrons. The van der Waals surface area contributed by atoms with Crippen molar-refractivity contribution in [3.63, 3.8) is 0 Å². The maximum Gasteiger partial charge on any atom is 0.338 e. The summed E-state index contributed by atoms with van der Waals surface area (Å²) in [5, 5.41) is 2.65. The lowest BCUT2D eigenvalue weighted by Crippen LogP contribution is -2.20. The zero-order valence-corrected chi connectivity index (χ0v) is 14.4. The Balaban J connectivity index is 1.43. The van der Waals surface area contributed by atoms with E-state index in [0.717, 1.165) is 19.4 Å². The summed E-state index contributed by atoms with van der Waals surface area (Å²) >= 11 is 0. The molecular formula is C20H21NO5. The molecular weight excluding hydrogens is 334 g/mol. The number of rotatable bonds is 7. The van der Waals surface area contributed by atoms with Crippen LogP contribution in [-0.2, 0) is 14.3 Å². The van der Waals surface area contributed by atoms with Gasteiger partial charge in [-0.2, -0.15) is 0 Å². The highest BCUT2D eigenvalue weighted by molar-refractivity contribution is 5.95. The number of benzene rings is 2. The van der Waals surface area contributed by atoms with Gasteiger partial charge in [0, 0.05) is 12.3 Å². The van der Waals surface area contributed by atoms with Crippen LogP contribution in [0.4, 0.5) is 5.69 Å². The molecule has 0 aliphatic carbocycles. The van der Waals surface area contributed by atoms with Crippen LogP contribution >= 0.6 is 0 Å². The fraction of sp³-hybridized carbons (Fsp3) is 0.300. The average molecular weight is 355 g/mol. The first-order valence-corrected chi connectivity index (χ1v) is 8.57. The monoisotopic (exact) mass is 355 g/mol. The van der Waals surface area contributed by atoms with Gasteiger partial charge in [0.25, 0.3) is 5.91 Å². The van der Waals surface area contributed by atoms with Crippen LogP contribution in [0.3, 0.4) is 0 Å². The molecule has 2 aromatic carbocycles. The van der Waals surface area contributed by atoms with Crippen LogP contribution in [0.15, 0.2) is 54.6 Å². The third kappa shape index (κ3) is 5.32. The third-order valence-corrected chi connectivity index (χ3v) is 3.94. The molecule has 0 radical (unpaired) electrons. The van der Waals surface area contributed by atoms with E-state index in [1.54, 1.807) is 36.4 Å². The summed E-state index contributed by atoms with van der Waals surface area (Å²) < 4.78 is 16.2. The molecule has 1 fully saturated rings. The molecule has 1 N–H and O–H groups in total. The lowest BCUT2D eigenvalue weighted by atomic mass is 10.2. The zero-order chi connectivity index (χ0) is 18.2. The Morgan fingerprint density at radius 3 is 2.54 bits per heavy atom. The molecule has 0 bridgehead atoms. The van der Waals surface area contributed by atoms with Gasteiger partial charge in [-0.05, 0) is 49.2 Å². The first-order chi connectivity index (χ1) is 12.7.